The highest BCUT2D eigenvalue weighted by Gasteiger charge is 2.50. The van der Waals surface area contributed by atoms with Crippen molar-refractivity contribution in [1.82, 2.24) is 10.6 Å². The van der Waals surface area contributed by atoms with E-state index in [1.54, 1.807) is 6.92 Å². The van der Waals surface area contributed by atoms with Crippen molar-refractivity contribution in [1.29, 1.82) is 0 Å². The zero-order valence-corrected chi connectivity index (χ0v) is 14.9. The molecule has 28 heavy (non-hydrogen) atoms. The Hall–Kier alpha value is -2.53. The fourth-order valence-corrected chi connectivity index (χ4v) is 3.12. The van der Waals surface area contributed by atoms with Crippen molar-refractivity contribution in [3.05, 3.63) is 29.8 Å². The summed E-state index contributed by atoms with van der Waals surface area (Å²) in [5, 5.41) is 7.49. The maximum Gasteiger partial charge on any atom is 0.416 e. The largest absolute Gasteiger partial charge is 0.441 e. The summed E-state index contributed by atoms with van der Waals surface area (Å²) in [4.78, 5) is 23.7. The van der Waals surface area contributed by atoms with Gasteiger partial charge in [0.2, 0.25) is 0 Å². The highest BCUT2D eigenvalue weighted by Crippen LogP contribution is 2.31. The summed E-state index contributed by atoms with van der Waals surface area (Å²) in [6, 6.07) is 3.10. The van der Waals surface area contributed by atoms with E-state index in [9.17, 15) is 22.8 Å². The second-order valence-corrected chi connectivity index (χ2v) is 6.35. The normalized spacial score (nSPS) is 26.4. The molecule has 0 radical (unpaired) electrons. The number of benzene rings is 1. The maximum atomic E-state index is 12.8. The van der Waals surface area contributed by atoms with Crippen LogP contribution in [-0.4, -0.2) is 56.2 Å². The van der Waals surface area contributed by atoms with Gasteiger partial charge in [0.15, 0.2) is 6.10 Å². The predicted octanol–water partition coefficient (Wildman–Crippen LogP) is 2.11. The van der Waals surface area contributed by atoms with E-state index in [0.717, 1.165) is 12.1 Å². The lowest BCUT2D eigenvalue weighted by atomic mass is 10.1. The molecule has 3 N–H and O–H groups in total. The number of halogens is 3. The molecule has 0 aromatic heterocycles. The fraction of sp³-hybridized carbons (Fsp3) is 0.529. The molecule has 0 unspecified atom stereocenters. The van der Waals surface area contributed by atoms with Gasteiger partial charge in [-0.2, -0.15) is 13.2 Å². The van der Waals surface area contributed by atoms with Gasteiger partial charge in [0.05, 0.1) is 24.8 Å². The lowest BCUT2D eigenvalue weighted by Gasteiger charge is -2.18. The number of hydrogen-bond donors (Lipinski definition) is 3. The van der Waals surface area contributed by atoms with Gasteiger partial charge in [0.25, 0.3) is 0 Å². The molecule has 3 amide bonds. The minimum atomic E-state index is -4.50. The maximum absolute atomic E-state index is 12.8. The van der Waals surface area contributed by atoms with Crippen molar-refractivity contribution in [2.45, 2.75) is 37.5 Å². The fourth-order valence-electron chi connectivity index (χ4n) is 3.12. The molecule has 2 aliphatic rings. The number of ether oxygens (including phenoxy) is 3. The van der Waals surface area contributed by atoms with Gasteiger partial charge >= 0.3 is 18.3 Å². The van der Waals surface area contributed by atoms with Crippen LogP contribution in [0.2, 0.25) is 0 Å². The Balaban J connectivity index is 1.54. The monoisotopic (exact) mass is 403 g/mol. The Bertz CT molecular complexity index is 730. The Morgan fingerprint density at radius 3 is 2.68 bits per heavy atom. The van der Waals surface area contributed by atoms with E-state index in [2.05, 4.69) is 16.0 Å². The molecule has 2 heterocycles. The molecule has 2 aliphatic heterocycles. The topological polar surface area (TPSA) is 97.9 Å². The molecule has 4 atom stereocenters. The lowest BCUT2D eigenvalue weighted by Crippen LogP contribution is -2.46. The van der Waals surface area contributed by atoms with Gasteiger partial charge in [0, 0.05) is 12.2 Å². The van der Waals surface area contributed by atoms with Crippen LogP contribution < -0.4 is 16.0 Å². The van der Waals surface area contributed by atoms with E-state index in [-0.39, 0.29) is 18.9 Å². The Morgan fingerprint density at radius 1 is 1.21 bits per heavy atom. The summed E-state index contributed by atoms with van der Waals surface area (Å²) in [5.74, 6) is 0. The lowest BCUT2D eigenvalue weighted by molar-refractivity contribution is -0.137. The van der Waals surface area contributed by atoms with Crippen LogP contribution in [0.5, 0.6) is 0 Å². The molecule has 0 bridgehead atoms. The molecule has 2 fully saturated rings. The van der Waals surface area contributed by atoms with Gasteiger partial charge < -0.3 is 30.2 Å². The zero-order valence-electron chi connectivity index (χ0n) is 14.9. The first kappa shape index (κ1) is 20.2. The summed E-state index contributed by atoms with van der Waals surface area (Å²) in [7, 11) is 0. The summed E-state index contributed by atoms with van der Waals surface area (Å²) in [6.45, 7) is 2.42. The van der Waals surface area contributed by atoms with Crippen LogP contribution in [0.3, 0.4) is 0 Å². The SMILES string of the molecule is CCNC(=O)O[C@H]1CO[C@@H]2[C@@H]1OC[C@@H]2NC(=O)Nc1cccc(C(F)(F)F)c1. The zero-order chi connectivity index (χ0) is 20.3. The number of urea groups is 1. The Labute approximate surface area is 158 Å². The Morgan fingerprint density at radius 2 is 1.96 bits per heavy atom. The average Bonchev–Trinajstić information content (AvgIpc) is 3.18. The number of rotatable bonds is 4. The smallest absolute Gasteiger partial charge is 0.416 e. The molecule has 11 heteroatoms. The quantitative estimate of drug-likeness (QED) is 0.716. The first-order valence-corrected chi connectivity index (χ1v) is 8.70. The van der Waals surface area contributed by atoms with Crippen LogP contribution in [0.4, 0.5) is 28.4 Å². The van der Waals surface area contributed by atoms with Gasteiger partial charge in [-0.1, -0.05) is 6.07 Å². The third kappa shape index (κ3) is 4.65. The molecule has 3 rings (SSSR count). The van der Waals surface area contributed by atoms with Crippen LogP contribution in [0.15, 0.2) is 24.3 Å². The van der Waals surface area contributed by atoms with Gasteiger partial charge in [-0.25, -0.2) is 9.59 Å². The number of carbonyl (C=O) groups excluding carboxylic acids is 2. The molecule has 1 aromatic carbocycles. The number of amides is 3. The van der Waals surface area contributed by atoms with Gasteiger partial charge in [0.1, 0.15) is 12.2 Å². The molecule has 154 valence electrons. The number of alkyl carbamates (subject to hydrolysis) is 1. The van der Waals surface area contributed by atoms with Crippen molar-refractivity contribution in [2.24, 2.45) is 0 Å². The van der Waals surface area contributed by atoms with Crippen molar-refractivity contribution >= 4 is 17.8 Å². The molecule has 1 aromatic rings. The van der Waals surface area contributed by atoms with Crippen LogP contribution >= 0.6 is 0 Å². The van der Waals surface area contributed by atoms with Crippen LogP contribution in [0.1, 0.15) is 12.5 Å². The van der Waals surface area contributed by atoms with Crippen LogP contribution in [-0.2, 0) is 20.4 Å². The number of carbonyl (C=O) groups is 2. The number of fused-ring (bicyclic) bond motifs is 1. The van der Waals surface area contributed by atoms with E-state index in [4.69, 9.17) is 14.2 Å². The third-order valence-electron chi connectivity index (χ3n) is 4.35. The highest BCUT2D eigenvalue weighted by molar-refractivity contribution is 5.89. The van der Waals surface area contributed by atoms with Gasteiger partial charge in [-0.3, -0.25) is 0 Å². The molecule has 8 nitrogen and oxygen atoms in total. The number of hydrogen-bond acceptors (Lipinski definition) is 5. The third-order valence-corrected chi connectivity index (χ3v) is 4.35. The standard InChI is InChI=1S/C17H20F3N3O5/c1-2-21-16(25)28-12-8-27-13-11(7-26-14(12)13)23-15(24)22-10-5-3-4-9(6-10)17(18,19)20/h3-6,11-14H,2,7-8H2,1H3,(H,21,25)(H2,22,23,24)/t11-,12-,13-,14+/m0/s1. The highest BCUT2D eigenvalue weighted by atomic mass is 19.4. The van der Waals surface area contributed by atoms with Gasteiger partial charge in [-0.15, -0.1) is 0 Å². The van der Waals surface area contributed by atoms with Gasteiger partial charge in [-0.05, 0) is 25.1 Å². The molecular formula is C17H20F3N3O5. The second-order valence-electron chi connectivity index (χ2n) is 6.35. The predicted molar refractivity (Wildman–Crippen MR) is 90.8 cm³/mol. The number of anilines is 1. The van der Waals surface area contributed by atoms with Crippen LogP contribution in [0.25, 0.3) is 0 Å². The molecule has 0 aliphatic carbocycles. The van der Waals surface area contributed by atoms with E-state index >= 15 is 0 Å². The van der Waals surface area contributed by atoms with Crippen LogP contribution in [0, 0.1) is 0 Å². The summed E-state index contributed by atoms with van der Waals surface area (Å²) >= 11 is 0. The second kappa shape index (κ2) is 8.23. The van der Waals surface area contributed by atoms with E-state index in [1.807, 2.05) is 0 Å². The number of alkyl halides is 3. The first-order chi connectivity index (χ1) is 13.3. The van der Waals surface area contributed by atoms with E-state index in [0.29, 0.717) is 6.54 Å². The molecular weight excluding hydrogens is 383 g/mol. The van der Waals surface area contributed by atoms with Crippen molar-refractivity contribution < 1.29 is 37.0 Å². The number of nitrogens with one attached hydrogen (secondary N) is 3. The molecule has 0 saturated carbocycles. The van der Waals surface area contributed by atoms with Crippen molar-refractivity contribution in [3.63, 3.8) is 0 Å². The molecule has 0 spiro atoms. The van der Waals surface area contributed by atoms with E-state index in [1.165, 1.54) is 12.1 Å². The summed E-state index contributed by atoms with van der Waals surface area (Å²) < 4.78 is 54.6. The average molecular weight is 403 g/mol. The van der Waals surface area contributed by atoms with Crippen molar-refractivity contribution in [3.8, 4) is 0 Å². The van der Waals surface area contributed by atoms with E-state index < -0.39 is 48.2 Å². The first-order valence-electron chi connectivity index (χ1n) is 8.70. The summed E-state index contributed by atoms with van der Waals surface area (Å²) in [6.07, 6.45) is -6.74. The van der Waals surface area contributed by atoms with Crippen molar-refractivity contribution in [2.75, 3.05) is 25.1 Å². The summed E-state index contributed by atoms with van der Waals surface area (Å²) in [5.41, 5.74) is -0.855. The minimum Gasteiger partial charge on any atom is -0.441 e. The molecule has 2 saturated heterocycles. The minimum absolute atomic E-state index is 0.00702. The Kier molecular flexibility index (Phi) is 5.94.